The molecule has 7 heteroatoms. The molecule has 2 atom stereocenters. The molecule has 7 nitrogen and oxygen atoms in total. The largest absolute Gasteiger partial charge is 0.463 e. The molecule has 0 aromatic carbocycles. The van der Waals surface area contributed by atoms with Crippen LogP contribution in [0, 0.1) is 11.8 Å². The Morgan fingerprint density at radius 3 is 1.16 bits per heavy atom. The third kappa shape index (κ3) is 17.1. The van der Waals surface area contributed by atoms with Crippen molar-refractivity contribution in [2.45, 2.75) is 79.1 Å². The lowest BCUT2D eigenvalue weighted by atomic mass is 10.00. The van der Waals surface area contributed by atoms with Gasteiger partial charge in [0.15, 0.2) is 0 Å². The first kappa shape index (κ1) is 29.8. The van der Waals surface area contributed by atoms with E-state index in [0.717, 1.165) is 51.4 Å². The van der Waals surface area contributed by atoms with Crippen molar-refractivity contribution in [3.05, 3.63) is 0 Å². The summed E-state index contributed by atoms with van der Waals surface area (Å²) in [6, 6.07) is 0. The minimum Gasteiger partial charge on any atom is -0.463 e. The summed E-state index contributed by atoms with van der Waals surface area (Å²) in [7, 11) is 0. The molecule has 2 unspecified atom stereocenters. The number of carbonyl (C=O) groups excluding carboxylic acids is 2. The fourth-order valence-corrected chi connectivity index (χ4v) is 3.06. The molecule has 0 aromatic heterocycles. The van der Waals surface area contributed by atoms with Crippen molar-refractivity contribution in [1.29, 1.82) is 0 Å². The monoisotopic (exact) mass is 446 g/mol. The van der Waals surface area contributed by atoms with E-state index in [0.29, 0.717) is 39.6 Å². The number of rotatable bonds is 22. The number of hydrogen-bond donors (Lipinski definition) is 0. The fourth-order valence-electron chi connectivity index (χ4n) is 3.06. The Balaban J connectivity index is 3.47. The van der Waals surface area contributed by atoms with Crippen molar-refractivity contribution in [2.24, 2.45) is 11.8 Å². The zero-order valence-electron chi connectivity index (χ0n) is 20.3. The first-order valence-electron chi connectivity index (χ1n) is 12.2. The second-order valence-electron chi connectivity index (χ2n) is 7.67. The molecule has 0 spiro atoms. The normalized spacial score (nSPS) is 13.0. The first-order valence-corrected chi connectivity index (χ1v) is 12.2. The molecule has 0 aliphatic rings. The van der Waals surface area contributed by atoms with Crippen molar-refractivity contribution in [3.8, 4) is 0 Å². The predicted molar refractivity (Wildman–Crippen MR) is 121 cm³/mol. The SMILES string of the molecule is CCCCC(CC)C(=O)OCCOCCOCCOCCOC(=O)C(CC)CCCC. The Morgan fingerprint density at radius 2 is 0.871 bits per heavy atom. The summed E-state index contributed by atoms with van der Waals surface area (Å²) < 4.78 is 26.8. The number of carbonyl (C=O) groups is 2. The molecule has 0 aliphatic carbocycles. The van der Waals surface area contributed by atoms with Crippen molar-refractivity contribution in [1.82, 2.24) is 0 Å². The lowest BCUT2D eigenvalue weighted by molar-refractivity contribution is -0.151. The van der Waals surface area contributed by atoms with Gasteiger partial charge in [-0.1, -0.05) is 53.4 Å². The Labute approximate surface area is 189 Å². The molecule has 0 N–H and O–H groups in total. The summed E-state index contributed by atoms with van der Waals surface area (Å²) in [6.07, 6.45) is 7.69. The molecule has 0 saturated heterocycles. The van der Waals surface area contributed by atoms with Crippen LogP contribution in [0.15, 0.2) is 0 Å². The molecular formula is C24H46O7. The van der Waals surface area contributed by atoms with Gasteiger partial charge in [-0.05, 0) is 25.7 Å². The van der Waals surface area contributed by atoms with Crippen LogP contribution in [-0.2, 0) is 33.3 Å². The quantitative estimate of drug-likeness (QED) is 0.178. The molecule has 0 aromatic rings. The van der Waals surface area contributed by atoms with Gasteiger partial charge in [0.1, 0.15) is 13.2 Å². The summed E-state index contributed by atoms with van der Waals surface area (Å²) in [5, 5.41) is 0. The van der Waals surface area contributed by atoms with E-state index in [9.17, 15) is 9.59 Å². The van der Waals surface area contributed by atoms with Crippen LogP contribution in [0.3, 0.4) is 0 Å². The predicted octanol–water partition coefficient (Wildman–Crippen LogP) is 4.56. The van der Waals surface area contributed by atoms with Gasteiger partial charge in [0.25, 0.3) is 0 Å². The van der Waals surface area contributed by atoms with Gasteiger partial charge in [0, 0.05) is 0 Å². The highest BCUT2D eigenvalue weighted by Gasteiger charge is 2.17. The van der Waals surface area contributed by atoms with E-state index in [2.05, 4.69) is 13.8 Å². The van der Waals surface area contributed by atoms with Gasteiger partial charge >= 0.3 is 11.9 Å². The van der Waals surface area contributed by atoms with Gasteiger partial charge in [-0.15, -0.1) is 0 Å². The maximum absolute atomic E-state index is 11.9. The molecule has 184 valence electrons. The number of esters is 2. The molecule has 0 heterocycles. The second kappa shape index (κ2) is 22.0. The highest BCUT2D eigenvalue weighted by Crippen LogP contribution is 2.15. The third-order valence-corrected chi connectivity index (χ3v) is 5.15. The smallest absolute Gasteiger partial charge is 0.308 e. The Bertz CT molecular complexity index is 390. The van der Waals surface area contributed by atoms with E-state index in [4.69, 9.17) is 23.7 Å². The zero-order valence-corrected chi connectivity index (χ0v) is 20.3. The van der Waals surface area contributed by atoms with Gasteiger partial charge in [0.2, 0.25) is 0 Å². The van der Waals surface area contributed by atoms with Crippen molar-refractivity contribution in [3.63, 3.8) is 0 Å². The molecule has 0 saturated carbocycles. The Kier molecular flexibility index (Phi) is 21.2. The fraction of sp³-hybridized carbons (Fsp3) is 0.917. The van der Waals surface area contributed by atoms with Crippen LogP contribution < -0.4 is 0 Å². The van der Waals surface area contributed by atoms with Gasteiger partial charge in [-0.25, -0.2) is 0 Å². The van der Waals surface area contributed by atoms with Crippen LogP contribution in [0.2, 0.25) is 0 Å². The maximum Gasteiger partial charge on any atom is 0.308 e. The zero-order chi connectivity index (χ0) is 23.2. The highest BCUT2D eigenvalue weighted by molar-refractivity contribution is 5.72. The van der Waals surface area contributed by atoms with Gasteiger partial charge in [-0.3, -0.25) is 9.59 Å². The molecule has 0 amide bonds. The Morgan fingerprint density at radius 1 is 0.548 bits per heavy atom. The third-order valence-electron chi connectivity index (χ3n) is 5.15. The molecule has 0 rings (SSSR count). The highest BCUT2D eigenvalue weighted by atomic mass is 16.6. The number of hydrogen-bond acceptors (Lipinski definition) is 7. The molecule has 31 heavy (non-hydrogen) atoms. The van der Waals surface area contributed by atoms with E-state index in [1.807, 2.05) is 13.8 Å². The van der Waals surface area contributed by atoms with E-state index in [1.54, 1.807) is 0 Å². The molecule has 0 fully saturated rings. The van der Waals surface area contributed by atoms with E-state index < -0.39 is 0 Å². The van der Waals surface area contributed by atoms with Gasteiger partial charge in [0.05, 0.1) is 51.5 Å². The number of unbranched alkanes of at least 4 members (excludes halogenated alkanes) is 2. The van der Waals surface area contributed by atoms with Crippen molar-refractivity contribution < 1.29 is 33.3 Å². The van der Waals surface area contributed by atoms with Crippen LogP contribution in [0.25, 0.3) is 0 Å². The minimum absolute atomic E-state index is 0.000865. The summed E-state index contributed by atoms with van der Waals surface area (Å²) >= 11 is 0. The molecule has 0 radical (unpaired) electrons. The van der Waals surface area contributed by atoms with Gasteiger partial charge < -0.3 is 23.7 Å². The van der Waals surface area contributed by atoms with Crippen molar-refractivity contribution in [2.75, 3.05) is 52.9 Å². The van der Waals surface area contributed by atoms with Gasteiger partial charge in [-0.2, -0.15) is 0 Å². The molecule has 0 bridgehead atoms. The van der Waals surface area contributed by atoms with Crippen LogP contribution in [0.4, 0.5) is 0 Å². The van der Waals surface area contributed by atoms with E-state index in [1.165, 1.54) is 0 Å². The second-order valence-corrected chi connectivity index (χ2v) is 7.67. The Hall–Kier alpha value is -1.18. The van der Waals surface area contributed by atoms with E-state index >= 15 is 0 Å². The van der Waals surface area contributed by atoms with Crippen LogP contribution >= 0.6 is 0 Å². The summed E-state index contributed by atoms with van der Waals surface area (Å²) in [4.78, 5) is 23.9. The van der Waals surface area contributed by atoms with Crippen LogP contribution in [0.5, 0.6) is 0 Å². The average molecular weight is 447 g/mol. The first-order chi connectivity index (χ1) is 15.1. The lowest BCUT2D eigenvalue weighted by Gasteiger charge is -2.14. The maximum atomic E-state index is 11.9. The summed E-state index contributed by atoms with van der Waals surface area (Å²) in [5.41, 5.74) is 0. The van der Waals surface area contributed by atoms with Crippen molar-refractivity contribution >= 4 is 11.9 Å². The summed E-state index contributed by atoms with van der Waals surface area (Å²) in [5.74, 6) is -0.239. The van der Waals surface area contributed by atoms with E-state index in [-0.39, 0.29) is 37.0 Å². The van der Waals surface area contributed by atoms with Crippen LogP contribution in [-0.4, -0.2) is 64.8 Å². The number of ether oxygens (including phenoxy) is 5. The molecule has 0 aliphatic heterocycles. The topological polar surface area (TPSA) is 80.3 Å². The molecular weight excluding hydrogens is 400 g/mol. The summed E-state index contributed by atoms with van der Waals surface area (Å²) in [6.45, 7) is 11.4. The van der Waals surface area contributed by atoms with Crippen LogP contribution in [0.1, 0.15) is 79.1 Å². The lowest BCUT2D eigenvalue weighted by Crippen LogP contribution is -2.20. The average Bonchev–Trinajstić information content (AvgIpc) is 2.77. The minimum atomic E-state index is -0.121. The standard InChI is InChI=1S/C24H46O7/c1-5-9-11-21(7-3)23(25)30-19-17-28-15-13-27-14-16-29-18-20-31-24(26)22(8-4)12-10-6-2/h21-22H,5-20H2,1-4H3.